The van der Waals surface area contributed by atoms with Crippen LogP contribution in [0.1, 0.15) is 79.7 Å². The Kier molecular flexibility index (Phi) is 13.8. The van der Waals surface area contributed by atoms with Crippen LogP contribution in [0.4, 0.5) is 17.6 Å². The number of imidazole rings is 1. The minimum Gasteiger partial charge on any atom is -0.352 e. The second kappa shape index (κ2) is 18.4. The van der Waals surface area contributed by atoms with Gasteiger partial charge in [-0.25, -0.2) is 22.5 Å². The van der Waals surface area contributed by atoms with Gasteiger partial charge in [-0.3, -0.25) is 19.2 Å². The van der Waals surface area contributed by atoms with Crippen molar-refractivity contribution >= 4 is 45.4 Å². The molecule has 0 saturated carbocycles. The highest BCUT2D eigenvalue weighted by Gasteiger charge is 2.43. The first kappa shape index (κ1) is 44.8. The Morgan fingerprint density at radius 2 is 1.50 bits per heavy atom. The summed E-state index contributed by atoms with van der Waals surface area (Å²) in [5.41, 5.74) is 2.26. The van der Waals surface area contributed by atoms with E-state index in [0.717, 1.165) is 0 Å². The van der Waals surface area contributed by atoms with E-state index in [9.17, 15) is 28.0 Å². The zero-order chi connectivity index (χ0) is 43.7. The summed E-state index contributed by atoms with van der Waals surface area (Å²) in [7, 11) is 1.67. The molecule has 2 aliphatic rings. The number of likely N-dealkylation sites (tertiary alicyclic amines) is 2. The van der Waals surface area contributed by atoms with Crippen LogP contribution in [0.15, 0.2) is 36.4 Å². The summed E-state index contributed by atoms with van der Waals surface area (Å²) in [5.74, 6) is -3.31. The van der Waals surface area contributed by atoms with Crippen LogP contribution in [0.25, 0.3) is 33.5 Å². The van der Waals surface area contributed by atoms with Crippen LogP contribution in [0.3, 0.4) is 0 Å². The third-order valence-electron chi connectivity index (χ3n) is 12.7. The fraction of sp³-hybridized carbons (Fsp3) is 0.578. The molecule has 60 heavy (non-hydrogen) atoms. The van der Waals surface area contributed by atoms with Gasteiger partial charge in [0.05, 0.1) is 41.9 Å². The smallest absolute Gasteiger partial charge is 0.245 e. The minimum absolute atomic E-state index is 0.000548. The van der Waals surface area contributed by atoms with Gasteiger partial charge in [-0.1, -0.05) is 41.5 Å². The first-order chi connectivity index (χ1) is 28.4. The lowest BCUT2D eigenvalue weighted by Crippen LogP contribution is -2.54. The van der Waals surface area contributed by atoms with Crippen molar-refractivity contribution in [3.05, 3.63) is 53.6 Å². The zero-order valence-electron chi connectivity index (χ0n) is 35.8. The van der Waals surface area contributed by atoms with E-state index in [2.05, 4.69) is 15.6 Å². The van der Waals surface area contributed by atoms with Gasteiger partial charge in [0.25, 0.3) is 0 Å². The number of Topliss-reactive ketones (excluding diaryl/α,β-unsaturated/α-hetero) is 1. The molecular formula is C45H59F4N7O4. The van der Waals surface area contributed by atoms with Gasteiger partial charge in [0.15, 0.2) is 5.82 Å². The highest BCUT2D eigenvalue weighted by atomic mass is 19.1. The summed E-state index contributed by atoms with van der Waals surface area (Å²) in [6.07, 6.45) is -1.89. The molecule has 3 amide bonds. The first-order valence-electron chi connectivity index (χ1n) is 21.3. The van der Waals surface area contributed by atoms with E-state index in [4.69, 9.17) is 4.98 Å². The standard InChI is InChI=1S/C45H59F4N7O4/c1-9-25(6)43(58)53-40(24(4)5)45(60)55-21-30(49)15-32(55)22-56-38-13-11-28(47)17-37(38)52-42(56)41-35(33-12-10-27(46)16-36(33)51-41)18-31-14-29(48)20-54(31)44(59)34(23(2)3)19-39(57)26(7)50-8/h10-13,16-17,23-26,29-32,34,40,50-51H,9,14-15,18-22H2,1-8H3,(H,53,58). The summed E-state index contributed by atoms with van der Waals surface area (Å²) >= 11 is 0. The highest BCUT2D eigenvalue weighted by Crippen LogP contribution is 2.38. The van der Waals surface area contributed by atoms with Crippen molar-refractivity contribution in [2.24, 2.45) is 23.7 Å². The van der Waals surface area contributed by atoms with E-state index >= 15 is 8.78 Å². The largest absolute Gasteiger partial charge is 0.352 e. The number of benzene rings is 2. The summed E-state index contributed by atoms with van der Waals surface area (Å²) in [4.78, 5) is 65.7. The maximum absolute atomic E-state index is 15.5. The number of amides is 3. The van der Waals surface area contributed by atoms with Gasteiger partial charge in [0.1, 0.15) is 35.8 Å². The van der Waals surface area contributed by atoms with Crippen molar-refractivity contribution in [1.29, 1.82) is 0 Å². The number of H-pyrrole nitrogens is 1. The Hall–Kier alpha value is -4.79. The van der Waals surface area contributed by atoms with E-state index in [-0.39, 0.29) is 86.2 Å². The van der Waals surface area contributed by atoms with E-state index in [0.29, 0.717) is 39.9 Å². The van der Waals surface area contributed by atoms with Gasteiger partial charge >= 0.3 is 0 Å². The van der Waals surface area contributed by atoms with E-state index in [1.165, 1.54) is 34.1 Å². The summed E-state index contributed by atoms with van der Waals surface area (Å²) in [6, 6.07) is 5.73. The predicted octanol–water partition coefficient (Wildman–Crippen LogP) is 6.91. The SMILES string of the molecule is CCC(C)C(=O)NC(C(=O)N1CC(F)CC1Cn1c(-c2[nH]c3cc(F)ccc3c2CC2CC(F)CN2C(=O)C(CC(=O)C(C)NC)C(C)C)nc2cc(F)ccc21)C(C)C. The molecule has 2 aromatic carbocycles. The van der Waals surface area contributed by atoms with Crippen molar-refractivity contribution in [3.8, 4) is 11.5 Å². The van der Waals surface area contributed by atoms with Crippen molar-refractivity contribution in [3.63, 3.8) is 0 Å². The number of hydrogen-bond donors (Lipinski definition) is 3. The second-order valence-corrected chi connectivity index (χ2v) is 17.6. The summed E-state index contributed by atoms with van der Waals surface area (Å²) < 4.78 is 62.4. The number of fused-ring (bicyclic) bond motifs is 2. The molecule has 8 atom stereocenters. The van der Waals surface area contributed by atoms with Crippen LogP contribution in [0.2, 0.25) is 0 Å². The molecular weight excluding hydrogens is 779 g/mol. The number of nitrogens with one attached hydrogen (secondary N) is 3. The lowest BCUT2D eigenvalue weighted by Gasteiger charge is -2.32. The van der Waals surface area contributed by atoms with Gasteiger partial charge in [-0.2, -0.15) is 0 Å². The Balaban J connectivity index is 1.41. The maximum Gasteiger partial charge on any atom is 0.245 e. The quantitative estimate of drug-likeness (QED) is 0.105. The van der Waals surface area contributed by atoms with E-state index in [1.54, 1.807) is 37.6 Å². The van der Waals surface area contributed by atoms with Crippen molar-refractivity contribution in [1.82, 2.24) is 35.0 Å². The van der Waals surface area contributed by atoms with Crippen LogP contribution < -0.4 is 10.6 Å². The monoisotopic (exact) mass is 837 g/mol. The molecule has 0 spiro atoms. The molecule has 2 saturated heterocycles. The molecule has 4 heterocycles. The molecule has 0 aliphatic carbocycles. The minimum atomic E-state index is -1.34. The lowest BCUT2D eigenvalue weighted by molar-refractivity contribution is -0.140. The second-order valence-electron chi connectivity index (χ2n) is 17.6. The number of rotatable bonds is 16. The number of likely N-dealkylation sites (N-methyl/N-ethyl adjacent to an activating group) is 1. The number of aromatic nitrogens is 3. The van der Waals surface area contributed by atoms with Crippen LogP contribution in [-0.4, -0.2) is 104 Å². The number of hydrogen-bond acceptors (Lipinski definition) is 6. The van der Waals surface area contributed by atoms with Crippen LogP contribution in [-0.2, 0) is 32.1 Å². The lowest BCUT2D eigenvalue weighted by atomic mass is 9.87. The van der Waals surface area contributed by atoms with Gasteiger partial charge in [-0.15, -0.1) is 0 Å². The first-order valence-corrected chi connectivity index (χ1v) is 21.3. The number of ketones is 1. The van der Waals surface area contributed by atoms with Gasteiger partial charge in [0.2, 0.25) is 17.7 Å². The molecule has 326 valence electrons. The molecule has 2 fully saturated rings. The number of nitrogens with zero attached hydrogens (tertiary/aromatic N) is 4. The number of carbonyl (C=O) groups excluding carboxylic acids is 4. The van der Waals surface area contributed by atoms with Gasteiger partial charge in [-0.05, 0) is 74.5 Å². The average molecular weight is 838 g/mol. The van der Waals surface area contributed by atoms with Crippen LogP contribution in [0, 0.1) is 35.3 Å². The number of carbonyl (C=O) groups is 4. The third kappa shape index (κ3) is 9.25. The molecule has 6 rings (SSSR count). The van der Waals surface area contributed by atoms with Crippen molar-refractivity contribution in [2.45, 2.75) is 124 Å². The Morgan fingerprint density at radius 3 is 2.13 bits per heavy atom. The van der Waals surface area contributed by atoms with Crippen LogP contribution in [0.5, 0.6) is 0 Å². The van der Waals surface area contributed by atoms with E-state index in [1.807, 2.05) is 34.6 Å². The normalized spacial score (nSPS) is 21.6. The number of alkyl halides is 2. The Bertz CT molecular complexity index is 2070. The topological polar surface area (TPSA) is 132 Å². The van der Waals surface area contributed by atoms with E-state index < -0.39 is 60.0 Å². The molecule has 2 aromatic heterocycles. The summed E-state index contributed by atoms with van der Waals surface area (Å²) in [5, 5.41) is 6.44. The Morgan fingerprint density at radius 1 is 0.867 bits per heavy atom. The molecule has 11 nitrogen and oxygen atoms in total. The molecule has 4 aromatic rings. The van der Waals surface area contributed by atoms with Crippen LogP contribution >= 0.6 is 0 Å². The van der Waals surface area contributed by atoms with Crippen molar-refractivity contribution < 1.29 is 36.7 Å². The molecule has 3 N–H and O–H groups in total. The number of aromatic amines is 1. The maximum atomic E-state index is 15.5. The fourth-order valence-corrected chi connectivity index (χ4v) is 8.73. The van der Waals surface area contributed by atoms with Crippen molar-refractivity contribution in [2.75, 3.05) is 20.1 Å². The summed E-state index contributed by atoms with van der Waals surface area (Å²) in [6.45, 7) is 12.5. The predicted molar refractivity (Wildman–Crippen MR) is 223 cm³/mol. The third-order valence-corrected chi connectivity index (χ3v) is 12.7. The molecule has 15 heteroatoms. The molecule has 0 radical (unpaired) electrons. The Labute approximate surface area is 349 Å². The van der Waals surface area contributed by atoms with Gasteiger partial charge < -0.3 is 30.0 Å². The average Bonchev–Trinajstić information content (AvgIpc) is 3.96. The highest BCUT2D eigenvalue weighted by molar-refractivity contribution is 5.93. The molecule has 0 bridgehead atoms. The fourth-order valence-electron chi connectivity index (χ4n) is 8.73. The van der Waals surface area contributed by atoms with Gasteiger partial charge in [0, 0.05) is 60.7 Å². The molecule has 2 aliphatic heterocycles. The zero-order valence-corrected chi connectivity index (χ0v) is 35.8. The molecule has 8 unspecified atom stereocenters. The number of halogens is 4.